The molecule has 0 saturated heterocycles. The zero-order valence-corrected chi connectivity index (χ0v) is 15.5. The van der Waals surface area contributed by atoms with Gasteiger partial charge in [0.1, 0.15) is 11.2 Å². The van der Waals surface area contributed by atoms with Crippen molar-refractivity contribution >= 4 is 23.2 Å². The molecule has 27 heavy (non-hydrogen) atoms. The monoisotopic (exact) mass is 370 g/mol. The molecule has 0 bridgehead atoms. The highest BCUT2D eigenvalue weighted by Gasteiger charge is 2.56. The summed E-state index contributed by atoms with van der Waals surface area (Å²) < 4.78 is 15.7. The molecule has 7 nitrogen and oxygen atoms in total. The van der Waals surface area contributed by atoms with E-state index in [0.717, 1.165) is 0 Å². The fraction of sp³-hybridized carbons (Fsp3) is 0.300. The highest BCUT2D eigenvalue weighted by Crippen LogP contribution is 2.48. The van der Waals surface area contributed by atoms with Crippen LogP contribution in [0.2, 0.25) is 0 Å². The van der Waals surface area contributed by atoms with E-state index in [1.807, 2.05) is 6.07 Å². The van der Waals surface area contributed by atoms with Gasteiger partial charge in [-0.15, -0.1) is 0 Å². The van der Waals surface area contributed by atoms with Crippen LogP contribution < -0.4 is 24.8 Å². The number of carbonyl (C=O) groups is 2. The average Bonchev–Trinajstić information content (AvgIpc) is 3.50. The molecule has 0 aromatic heterocycles. The lowest BCUT2D eigenvalue weighted by atomic mass is 10.0. The average molecular weight is 370 g/mol. The quantitative estimate of drug-likeness (QED) is 0.732. The van der Waals surface area contributed by atoms with Gasteiger partial charge in [-0.25, -0.2) is 0 Å². The standard InChI is InChI=1S/C20H22N2O5/c1-25-15-7-5-4-6-14(15)22-19(24)20(10-11-20)18(23)21-13-8-9-16(26-2)17(12-13)27-3/h4-9,12H,10-11H2,1-3H3,(H,21,23)(H,22,24). The maximum atomic E-state index is 12.8. The van der Waals surface area contributed by atoms with E-state index >= 15 is 0 Å². The summed E-state index contributed by atoms with van der Waals surface area (Å²) in [6.45, 7) is 0. The van der Waals surface area contributed by atoms with Crippen molar-refractivity contribution in [3.63, 3.8) is 0 Å². The highest BCUT2D eigenvalue weighted by atomic mass is 16.5. The number of anilines is 2. The molecule has 2 amide bonds. The minimum absolute atomic E-state index is 0.343. The molecule has 0 atom stereocenters. The lowest BCUT2D eigenvalue weighted by Crippen LogP contribution is -2.35. The van der Waals surface area contributed by atoms with Gasteiger partial charge in [0.15, 0.2) is 11.5 Å². The van der Waals surface area contributed by atoms with Gasteiger partial charge in [-0.1, -0.05) is 12.1 Å². The fourth-order valence-electron chi connectivity index (χ4n) is 2.84. The van der Waals surface area contributed by atoms with E-state index in [4.69, 9.17) is 14.2 Å². The van der Waals surface area contributed by atoms with Crippen LogP contribution >= 0.6 is 0 Å². The first kappa shape index (κ1) is 18.6. The summed E-state index contributed by atoms with van der Waals surface area (Å²) in [6, 6.07) is 12.1. The number of nitrogens with one attached hydrogen (secondary N) is 2. The van der Waals surface area contributed by atoms with Gasteiger partial charge in [0.2, 0.25) is 11.8 Å². The predicted molar refractivity (Wildman–Crippen MR) is 101 cm³/mol. The van der Waals surface area contributed by atoms with Gasteiger partial charge in [-0.3, -0.25) is 9.59 Å². The zero-order valence-electron chi connectivity index (χ0n) is 15.5. The van der Waals surface area contributed by atoms with E-state index in [-0.39, 0.29) is 11.8 Å². The van der Waals surface area contributed by atoms with Crippen LogP contribution in [-0.2, 0) is 9.59 Å². The molecule has 1 aliphatic rings. The number of hydrogen-bond acceptors (Lipinski definition) is 5. The normalized spacial score (nSPS) is 14.0. The van der Waals surface area contributed by atoms with E-state index in [0.29, 0.717) is 41.5 Å². The van der Waals surface area contributed by atoms with Gasteiger partial charge < -0.3 is 24.8 Å². The molecule has 0 spiro atoms. The van der Waals surface area contributed by atoms with Crippen molar-refractivity contribution in [1.29, 1.82) is 0 Å². The van der Waals surface area contributed by atoms with Crippen LogP contribution in [0.1, 0.15) is 12.8 Å². The second kappa shape index (κ2) is 7.57. The molecule has 142 valence electrons. The van der Waals surface area contributed by atoms with Crippen LogP contribution in [0.3, 0.4) is 0 Å². The second-order valence-electron chi connectivity index (χ2n) is 6.26. The molecule has 2 aromatic rings. The number of carbonyl (C=O) groups excluding carboxylic acids is 2. The summed E-state index contributed by atoms with van der Waals surface area (Å²) in [6.07, 6.45) is 0.986. The molecule has 0 unspecified atom stereocenters. The van der Waals surface area contributed by atoms with Crippen molar-refractivity contribution < 1.29 is 23.8 Å². The van der Waals surface area contributed by atoms with Crippen LogP contribution in [0.15, 0.2) is 42.5 Å². The minimum atomic E-state index is -1.08. The Hall–Kier alpha value is -3.22. The van der Waals surface area contributed by atoms with Crippen molar-refractivity contribution in [3.8, 4) is 17.2 Å². The Morgan fingerprint density at radius 2 is 1.44 bits per heavy atom. The summed E-state index contributed by atoms with van der Waals surface area (Å²) in [7, 11) is 4.59. The Morgan fingerprint density at radius 3 is 2.07 bits per heavy atom. The lowest BCUT2D eigenvalue weighted by molar-refractivity contribution is -0.131. The molecule has 1 fully saturated rings. The molecule has 2 N–H and O–H groups in total. The highest BCUT2D eigenvalue weighted by molar-refractivity contribution is 6.17. The molecular formula is C20H22N2O5. The molecule has 3 rings (SSSR count). The van der Waals surface area contributed by atoms with Crippen LogP contribution in [0.25, 0.3) is 0 Å². The molecule has 0 aliphatic heterocycles. The third-order valence-electron chi connectivity index (χ3n) is 4.62. The summed E-state index contributed by atoms with van der Waals surface area (Å²) >= 11 is 0. The molecule has 7 heteroatoms. The van der Waals surface area contributed by atoms with Crippen molar-refractivity contribution in [1.82, 2.24) is 0 Å². The molecule has 0 heterocycles. The first-order chi connectivity index (χ1) is 13.0. The number of benzene rings is 2. The number of rotatable bonds is 7. The number of ether oxygens (including phenoxy) is 3. The van der Waals surface area contributed by atoms with Crippen molar-refractivity contribution in [2.75, 3.05) is 32.0 Å². The van der Waals surface area contributed by atoms with Crippen molar-refractivity contribution in [2.24, 2.45) is 5.41 Å². The lowest BCUT2D eigenvalue weighted by Gasteiger charge is -2.17. The SMILES string of the molecule is COc1ccccc1NC(=O)C1(C(=O)Nc2ccc(OC)c(OC)c2)CC1. The fourth-order valence-corrected chi connectivity index (χ4v) is 2.84. The predicted octanol–water partition coefficient (Wildman–Crippen LogP) is 3.07. The Bertz CT molecular complexity index is 861. The van der Waals surface area contributed by atoms with Crippen LogP contribution in [0.5, 0.6) is 17.2 Å². The molecule has 1 aliphatic carbocycles. The first-order valence-electron chi connectivity index (χ1n) is 8.52. The Kier molecular flexibility index (Phi) is 5.21. The van der Waals surface area contributed by atoms with Gasteiger partial charge in [0, 0.05) is 11.8 Å². The minimum Gasteiger partial charge on any atom is -0.495 e. The summed E-state index contributed by atoms with van der Waals surface area (Å²) in [5.41, 5.74) is -0.00204. The molecule has 0 radical (unpaired) electrons. The first-order valence-corrected chi connectivity index (χ1v) is 8.52. The smallest absolute Gasteiger partial charge is 0.240 e. The number of hydrogen-bond donors (Lipinski definition) is 2. The van der Waals surface area contributed by atoms with Gasteiger partial charge in [-0.2, -0.15) is 0 Å². The maximum absolute atomic E-state index is 12.8. The summed E-state index contributed by atoms with van der Waals surface area (Å²) in [4.78, 5) is 25.5. The zero-order chi connectivity index (χ0) is 19.4. The largest absolute Gasteiger partial charge is 0.495 e. The van der Waals surface area contributed by atoms with Crippen LogP contribution in [0.4, 0.5) is 11.4 Å². The number of amides is 2. The van der Waals surface area contributed by atoms with E-state index in [1.54, 1.807) is 36.4 Å². The van der Waals surface area contributed by atoms with Gasteiger partial charge >= 0.3 is 0 Å². The third kappa shape index (κ3) is 3.67. The Morgan fingerprint density at radius 1 is 0.815 bits per heavy atom. The molecular weight excluding hydrogens is 348 g/mol. The third-order valence-corrected chi connectivity index (χ3v) is 4.62. The summed E-state index contributed by atoms with van der Waals surface area (Å²) in [5, 5.41) is 5.60. The second-order valence-corrected chi connectivity index (χ2v) is 6.26. The topological polar surface area (TPSA) is 85.9 Å². The Balaban J connectivity index is 1.73. The maximum Gasteiger partial charge on any atom is 0.240 e. The number of methoxy groups -OCH3 is 3. The number of para-hydroxylation sites is 2. The van der Waals surface area contributed by atoms with Crippen molar-refractivity contribution in [3.05, 3.63) is 42.5 Å². The van der Waals surface area contributed by atoms with E-state index in [2.05, 4.69) is 10.6 Å². The van der Waals surface area contributed by atoms with Gasteiger partial charge in [-0.05, 0) is 37.1 Å². The van der Waals surface area contributed by atoms with Crippen LogP contribution in [-0.4, -0.2) is 33.1 Å². The van der Waals surface area contributed by atoms with Crippen LogP contribution in [0, 0.1) is 5.41 Å². The van der Waals surface area contributed by atoms with E-state index in [9.17, 15) is 9.59 Å². The van der Waals surface area contributed by atoms with E-state index in [1.165, 1.54) is 21.3 Å². The molecule has 1 saturated carbocycles. The van der Waals surface area contributed by atoms with Gasteiger partial charge in [0.05, 0.1) is 27.0 Å². The van der Waals surface area contributed by atoms with Gasteiger partial charge in [0.25, 0.3) is 0 Å². The summed E-state index contributed by atoms with van der Waals surface area (Å²) in [5.74, 6) is 0.915. The Labute approximate surface area is 157 Å². The molecule has 2 aromatic carbocycles. The van der Waals surface area contributed by atoms with Crippen molar-refractivity contribution in [2.45, 2.75) is 12.8 Å². The van der Waals surface area contributed by atoms with E-state index < -0.39 is 5.41 Å².